The second kappa shape index (κ2) is 11.5. The van der Waals surface area contributed by atoms with E-state index in [0.717, 1.165) is 36.3 Å². The van der Waals surface area contributed by atoms with Crippen LogP contribution in [0.3, 0.4) is 0 Å². The Hall–Kier alpha value is -1.41. The molecule has 0 aromatic heterocycles. The van der Waals surface area contributed by atoms with Crippen molar-refractivity contribution in [2.45, 2.75) is 116 Å². The van der Waals surface area contributed by atoms with Crippen molar-refractivity contribution in [3.05, 3.63) is 35.5 Å². The highest BCUT2D eigenvalue weighted by Crippen LogP contribution is 2.60. The first-order chi connectivity index (χ1) is 16.0. The summed E-state index contributed by atoms with van der Waals surface area (Å²) in [6.07, 6.45) is 15.1. The molecule has 34 heavy (non-hydrogen) atoms. The van der Waals surface area contributed by atoms with E-state index in [-0.39, 0.29) is 6.10 Å². The smallest absolute Gasteiger partial charge is 0.0811 e. The minimum atomic E-state index is -0.567. The van der Waals surface area contributed by atoms with Gasteiger partial charge < -0.3 is 14.9 Å². The number of nitrogens with zero attached hydrogens (tertiary/aromatic N) is 1. The third-order valence-corrected chi connectivity index (χ3v) is 8.99. The van der Waals surface area contributed by atoms with Gasteiger partial charge in [-0.1, -0.05) is 51.0 Å². The van der Waals surface area contributed by atoms with Crippen molar-refractivity contribution >= 4 is 0 Å². The average Bonchev–Trinajstić information content (AvgIpc) is 3.12. The Morgan fingerprint density at radius 1 is 1.32 bits per heavy atom. The molecule has 6 atom stereocenters. The molecule has 0 saturated heterocycles. The zero-order valence-corrected chi connectivity index (χ0v) is 22.0. The van der Waals surface area contributed by atoms with E-state index in [2.05, 4.69) is 38.6 Å². The number of ether oxygens (including phenoxy) is 1. The molecular weight excluding hydrogens is 422 g/mol. The van der Waals surface area contributed by atoms with E-state index in [4.69, 9.17) is 10.00 Å². The normalized spacial score (nSPS) is 35.4. The molecule has 3 saturated carbocycles. The molecule has 0 aliphatic heterocycles. The topological polar surface area (TPSA) is 73.5 Å². The fraction of sp³-hybridized carbons (Fsp3) is 0.767. The third-order valence-electron chi connectivity index (χ3n) is 8.99. The number of nitriles is 1. The molecule has 0 bridgehead atoms. The highest BCUT2D eigenvalue weighted by Gasteiger charge is 2.50. The maximum atomic E-state index is 10.5. The van der Waals surface area contributed by atoms with Crippen LogP contribution in [0.1, 0.15) is 98.3 Å². The van der Waals surface area contributed by atoms with Crippen LogP contribution in [0.4, 0.5) is 0 Å². The van der Waals surface area contributed by atoms with Crippen LogP contribution in [0.25, 0.3) is 0 Å². The number of rotatable bonds is 9. The summed E-state index contributed by atoms with van der Waals surface area (Å²) in [5, 5.41) is 29.4. The van der Waals surface area contributed by atoms with Gasteiger partial charge in [0.25, 0.3) is 0 Å². The van der Waals surface area contributed by atoms with Crippen LogP contribution in [-0.4, -0.2) is 34.6 Å². The number of aliphatic hydroxyl groups is 2. The van der Waals surface area contributed by atoms with E-state index in [1.54, 1.807) is 5.57 Å². The summed E-state index contributed by atoms with van der Waals surface area (Å²) in [5.74, 6) is 2.08. The van der Waals surface area contributed by atoms with E-state index in [0.29, 0.717) is 36.7 Å². The predicted molar refractivity (Wildman–Crippen MR) is 138 cm³/mol. The van der Waals surface area contributed by atoms with Crippen molar-refractivity contribution in [2.24, 2.45) is 23.2 Å². The molecule has 3 fully saturated rings. The lowest BCUT2D eigenvalue weighted by Crippen LogP contribution is -2.36. The molecule has 3 rings (SSSR count). The van der Waals surface area contributed by atoms with Gasteiger partial charge in [0, 0.05) is 6.42 Å². The molecule has 2 N–H and O–H groups in total. The van der Waals surface area contributed by atoms with Crippen LogP contribution in [0, 0.1) is 34.5 Å². The maximum absolute atomic E-state index is 10.5. The fourth-order valence-electron chi connectivity index (χ4n) is 7.12. The first kappa shape index (κ1) is 27.2. The van der Waals surface area contributed by atoms with Gasteiger partial charge in [0.05, 0.1) is 36.9 Å². The summed E-state index contributed by atoms with van der Waals surface area (Å²) in [5.41, 5.74) is 3.28. The highest BCUT2D eigenvalue weighted by molar-refractivity contribution is 5.38. The van der Waals surface area contributed by atoms with Gasteiger partial charge in [-0.25, -0.2) is 0 Å². The summed E-state index contributed by atoms with van der Waals surface area (Å²) in [6, 6.07) is 2.12. The van der Waals surface area contributed by atoms with Gasteiger partial charge in [-0.05, 0) is 93.1 Å². The van der Waals surface area contributed by atoms with Crippen LogP contribution in [-0.2, 0) is 4.74 Å². The summed E-state index contributed by atoms with van der Waals surface area (Å²) >= 11 is 0. The Bertz CT molecular complexity index is 814. The van der Waals surface area contributed by atoms with Crippen LogP contribution in [0.15, 0.2) is 35.5 Å². The molecule has 0 aromatic rings. The summed E-state index contributed by atoms with van der Waals surface area (Å²) < 4.78 is 5.84. The van der Waals surface area contributed by atoms with E-state index >= 15 is 0 Å². The SMILES string of the molecule is C=C1/C(=C\C=C2/CCC[C@]3(C)[C@@H]2CC[C@H]3[C@@H](C)CCCC(C)(C)O)C[C@H](OCCC#N)C[C@H]1O. The minimum Gasteiger partial charge on any atom is -0.390 e. The Morgan fingerprint density at radius 2 is 2.09 bits per heavy atom. The van der Waals surface area contributed by atoms with Crippen molar-refractivity contribution in [3.8, 4) is 6.07 Å². The van der Waals surface area contributed by atoms with Gasteiger partial charge in [0.15, 0.2) is 0 Å². The van der Waals surface area contributed by atoms with Gasteiger partial charge in [0.1, 0.15) is 0 Å². The lowest BCUT2D eigenvalue weighted by molar-refractivity contribution is 0.0165. The molecule has 0 radical (unpaired) electrons. The molecule has 4 heteroatoms. The highest BCUT2D eigenvalue weighted by atomic mass is 16.5. The summed E-state index contributed by atoms with van der Waals surface area (Å²) in [7, 11) is 0. The molecule has 0 spiro atoms. The molecule has 190 valence electrons. The minimum absolute atomic E-state index is 0.0456. The molecule has 0 amide bonds. The van der Waals surface area contributed by atoms with Crippen LogP contribution >= 0.6 is 0 Å². The fourth-order valence-corrected chi connectivity index (χ4v) is 7.12. The molecular formula is C30H47NO3. The standard InChI is InChI=1S/C30H47NO3/c1-21(9-6-15-29(3,4)33)26-13-14-27-23(10-7-16-30(26,27)5)11-12-24-19-25(34-18-8-17-31)20-28(32)22(24)2/h11-12,21,25-28,32-33H,2,6-10,13-16,18-20H2,1,3-5H3/b23-11+,24-12-/t21-,25-,26-,27+,28+,30-/m0/s1. The van der Waals surface area contributed by atoms with Gasteiger partial charge in [-0.15, -0.1) is 0 Å². The van der Waals surface area contributed by atoms with Gasteiger partial charge >= 0.3 is 0 Å². The third kappa shape index (κ3) is 6.62. The van der Waals surface area contributed by atoms with Crippen molar-refractivity contribution in [1.82, 2.24) is 0 Å². The van der Waals surface area contributed by atoms with Crippen LogP contribution < -0.4 is 0 Å². The van der Waals surface area contributed by atoms with Gasteiger partial charge in [-0.2, -0.15) is 5.26 Å². The summed E-state index contributed by atoms with van der Waals surface area (Å²) in [6.45, 7) is 13.4. The average molecular weight is 470 g/mol. The number of hydrogen-bond acceptors (Lipinski definition) is 4. The van der Waals surface area contributed by atoms with Crippen LogP contribution in [0.5, 0.6) is 0 Å². The van der Waals surface area contributed by atoms with E-state index in [1.807, 2.05) is 13.8 Å². The Kier molecular flexibility index (Phi) is 9.23. The number of aliphatic hydroxyl groups excluding tert-OH is 1. The first-order valence-corrected chi connectivity index (χ1v) is 13.5. The molecule has 0 heterocycles. The Labute approximate surface area is 207 Å². The Balaban J connectivity index is 1.68. The van der Waals surface area contributed by atoms with E-state index in [1.165, 1.54) is 38.5 Å². The lowest BCUT2D eigenvalue weighted by Gasteiger charge is -2.44. The van der Waals surface area contributed by atoms with Crippen molar-refractivity contribution in [3.63, 3.8) is 0 Å². The van der Waals surface area contributed by atoms with E-state index in [9.17, 15) is 10.2 Å². The lowest BCUT2D eigenvalue weighted by atomic mass is 9.60. The van der Waals surface area contributed by atoms with Gasteiger partial charge in [0.2, 0.25) is 0 Å². The first-order valence-electron chi connectivity index (χ1n) is 13.5. The molecule has 3 aliphatic carbocycles. The summed E-state index contributed by atoms with van der Waals surface area (Å²) in [4.78, 5) is 0. The molecule has 0 unspecified atom stereocenters. The maximum Gasteiger partial charge on any atom is 0.0811 e. The van der Waals surface area contributed by atoms with Crippen LogP contribution in [0.2, 0.25) is 0 Å². The molecule has 0 aromatic carbocycles. The monoisotopic (exact) mass is 469 g/mol. The molecule has 3 aliphatic rings. The molecule has 4 nitrogen and oxygen atoms in total. The second-order valence-electron chi connectivity index (χ2n) is 12.1. The van der Waals surface area contributed by atoms with Gasteiger partial charge in [-0.3, -0.25) is 0 Å². The number of hydrogen-bond donors (Lipinski definition) is 2. The zero-order chi connectivity index (χ0) is 24.9. The number of allylic oxidation sites excluding steroid dienone is 3. The number of fused-ring (bicyclic) bond motifs is 1. The zero-order valence-electron chi connectivity index (χ0n) is 22.0. The van der Waals surface area contributed by atoms with E-state index < -0.39 is 11.7 Å². The van der Waals surface area contributed by atoms with Crippen molar-refractivity contribution in [2.75, 3.05) is 6.61 Å². The predicted octanol–water partition coefficient (Wildman–Crippen LogP) is 6.64. The van der Waals surface area contributed by atoms with Crippen molar-refractivity contribution in [1.29, 1.82) is 5.26 Å². The quantitative estimate of drug-likeness (QED) is 0.371. The second-order valence-corrected chi connectivity index (χ2v) is 12.1. The Morgan fingerprint density at radius 3 is 2.79 bits per heavy atom. The van der Waals surface area contributed by atoms with Crippen molar-refractivity contribution < 1.29 is 14.9 Å². The largest absolute Gasteiger partial charge is 0.390 e.